The van der Waals surface area contributed by atoms with E-state index in [0.29, 0.717) is 0 Å². The van der Waals surface area contributed by atoms with Crippen molar-refractivity contribution in [2.45, 2.75) is 6.42 Å². The number of H-pyrrole nitrogens is 1. The first kappa shape index (κ1) is 8.32. The third-order valence-corrected chi connectivity index (χ3v) is 2.38. The molecule has 68 valence electrons. The van der Waals surface area contributed by atoms with Gasteiger partial charge in [0.1, 0.15) is 0 Å². The molecule has 0 aliphatic rings. The summed E-state index contributed by atoms with van der Waals surface area (Å²) >= 11 is 0. The molecule has 0 unspecified atom stereocenters. The van der Waals surface area contributed by atoms with Crippen LogP contribution in [0.5, 0.6) is 0 Å². The number of nitrogens with two attached hydrogens (primary N) is 1. The van der Waals surface area contributed by atoms with Crippen LogP contribution in [-0.2, 0) is 6.42 Å². The minimum absolute atomic E-state index is 1.14. The fourth-order valence-corrected chi connectivity index (χ4v) is 1.64. The molecule has 2 nitrogen and oxygen atoms in total. The number of aromatic amines is 1. The summed E-state index contributed by atoms with van der Waals surface area (Å²) in [7, 11) is 2.11. The summed E-state index contributed by atoms with van der Waals surface area (Å²) in [5.41, 5.74) is 2.67. The summed E-state index contributed by atoms with van der Waals surface area (Å²) in [5.74, 6) is 0. The highest BCUT2D eigenvalue weighted by Crippen LogP contribution is 2.17. The smallest absolute Gasteiger partial charge is 0.0795 e. The number of aromatic nitrogens is 1. The van der Waals surface area contributed by atoms with E-state index in [4.69, 9.17) is 0 Å². The second-order valence-corrected chi connectivity index (χ2v) is 3.31. The Bertz CT molecular complexity index is 390. The Balaban J connectivity index is 2.35. The Labute approximate surface area is 78.0 Å². The zero-order valence-corrected chi connectivity index (χ0v) is 7.88. The molecule has 0 fully saturated rings. The zero-order valence-electron chi connectivity index (χ0n) is 7.88. The predicted molar refractivity (Wildman–Crippen MR) is 54.7 cm³/mol. The van der Waals surface area contributed by atoms with Gasteiger partial charge in [0.15, 0.2) is 0 Å². The second-order valence-electron chi connectivity index (χ2n) is 3.31. The monoisotopic (exact) mass is 175 g/mol. The van der Waals surface area contributed by atoms with Gasteiger partial charge < -0.3 is 10.3 Å². The lowest BCUT2D eigenvalue weighted by Gasteiger charge is -1.95. The van der Waals surface area contributed by atoms with Crippen LogP contribution in [0.1, 0.15) is 5.56 Å². The average Bonchev–Trinajstić information content (AvgIpc) is 2.58. The molecule has 3 N–H and O–H groups in total. The Morgan fingerprint density at radius 3 is 3.00 bits per heavy atom. The van der Waals surface area contributed by atoms with E-state index in [2.05, 4.69) is 47.8 Å². The van der Waals surface area contributed by atoms with Gasteiger partial charge in [-0.2, -0.15) is 0 Å². The number of quaternary nitrogens is 1. The molecule has 0 spiro atoms. The van der Waals surface area contributed by atoms with Gasteiger partial charge in [-0.3, -0.25) is 0 Å². The van der Waals surface area contributed by atoms with Gasteiger partial charge in [0.2, 0.25) is 0 Å². The van der Waals surface area contributed by atoms with Crippen LogP contribution in [0.4, 0.5) is 0 Å². The van der Waals surface area contributed by atoms with Crippen LogP contribution in [0.25, 0.3) is 10.9 Å². The van der Waals surface area contributed by atoms with Crippen molar-refractivity contribution in [2.24, 2.45) is 0 Å². The highest BCUT2D eigenvalue weighted by atomic mass is 14.8. The molecule has 0 saturated heterocycles. The molecule has 1 aromatic heterocycles. The van der Waals surface area contributed by atoms with Crippen LogP contribution in [0.15, 0.2) is 30.5 Å². The van der Waals surface area contributed by atoms with Crippen LogP contribution in [-0.4, -0.2) is 18.6 Å². The summed E-state index contributed by atoms with van der Waals surface area (Å²) in [6.45, 7) is 1.15. The summed E-state index contributed by atoms with van der Waals surface area (Å²) in [6.07, 6.45) is 3.26. The van der Waals surface area contributed by atoms with E-state index < -0.39 is 0 Å². The molecule has 0 amide bonds. The molecule has 1 heterocycles. The lowest BCUT2D eigenvalue weighted by atomic mass is 10.1. The van der Waals surface area contributed by atoms with E-state index in [-0.39, 0.29) is 0 Å². The first-order chi connectivity index (χ1) is 6.42. The van der Waals surface area contributed by atoms with Gasteiger partial charge in [-0.1, -0.05) is 18.2 Å². The lowest BCUT2D eigenvalue weighted by molar-refractivity contribution is -0.626. The van der Waals surface area contributed by atoms with Crippen molar-refractivity contribution in [3.63, 3.8) is 0 Å². The van der Waals surface area contributed by atoms with Crippen molar-refractivity contribution in [3.05, 3.63) is 36.0 Å². The fourth-order valence-electron chi connectivity index (χ4n) is 1.64. The van der Waals surface area contributed by atoms with Crippen molar-refractivity contribution in [3.8, 4) is 0 Å². The second kappa shape index (κ2) is 3.62. The van der Waals surface area contributed by atoms with Crippen LogP contribution in [0.2, 0.25) is 0 Å². The third-order valence-electron chi connectivity index (χ3n) is 2.38. The van der Waals surface area contributed by atoms with Gasteiger partial charge in [0.25, 0.3) is 0 Å². The highest BCUT2D eigenvalue weighted by molar-refractivity contribution is 5.82. The molecule has 0 saturated carbocycles. The van der Waals surface area contributed by atoms with E-state index in [1.54, 1.807) is 0 Å². The number of nitrogens with one attached hydrogen (secondary N) is 1. The molecular formula is C11H15N2+. The maximum atomic E-state index is 3.28. The van der Waals surface area contributed by atoms with Crippen molar-refractivity contribution >= 4 is 10.9 Å². The van der Waals surface area contributed by atoms with E-state index in [9.17, 15) is 0 Å². The Kier molecular flexibility index (Phi) is 2.32. The molecule has 0 atom stereocenters. The van der Waals surface area contributed by atoms with Crippen LogP contribution in [0.3, 0.4) is 0 Å². The number of hydrogen-bond donors (Lipinski definition) is 2. The third kappa shape index (κ3) is 1.58. The van der Waals surface area contributed by atoms with Gasteiger partial charge in [-0.05, 0) is 11.6 Å². The zero-order chi connectivity index (χ0) is 9.10. The summed E-state index contributed by atoms with van der Waals surface area (Å²) in [4.78, 5) is 3.28. The van der Waals surface area contributed by atoms with Crippen LogP contribution >= 0.6 is 0 Å². The Morgan fingerprint density at radius 1 is 1.31 bits per heavy atom. The normalized spacial score (nSPS) is 10.8. The van der Waals surface area contributed by atoms with Crippen molar-refractivity contribution < 1.29 is 5.32 Å². The molecule has 0 aliphatic carbocycles. The summed E-state index contributed by atoms with van der Waals surface area (Å²) in [5, 5.41) is 3.58. The minimum atomic E-state index is 1.14. The molecular weight excluding hydrogens is 160 g/mol. The van der Waals surface area contributed by atoms with E-state index >= 15 is 0 Å². The van der Waals surface area contributed by atoms with E-state index in [1.807, 2.05) is 0 Å². The molecule has 1 aromatic carbocycles. The molecule has 2 aromatic rings. The molecule has 2 heteroatoms. The van der Waals surface area contributed by atoms with Crippen molar-refractivity contribution in [1.29, 1.82) is 0 Å². The van der Waals surface area contributed by atoms with E-state index in [0.717, 1.165) is 13.0 Å². The largest absolute Gasteiger partial charge is 0.361 e. The number of likely N-dealkylation sites (N-methyl/N-ethyl adjacent to an activating group) is 1. The van der Waals surface area contributed by atoms with Crippen LogP contribution in [0, 0.1) is 0 Å². The molecule has 0 bridgehead atoms. The topological polar surface area (TPSA) is 32.4 Å². The Hall–Kier alpha value is -1.28. The predicted octanol–water partition coefficient (Wildman–Crippen LogP) is 0.904. The number of para-hydroxylation sites is 1. The SMILES string of the molecule is C[NH2+]CCc1c[nH]c2ccccc12. The molecule has 2 rings (SSSR count). The molecule has 13 heavy (non-hydrogen) atoms. The summed E-state index contributed by atoms with van der Waals surface area (Å²) in [6, 6.07) is 8.45. The maximum Gasteiger partial charge on any atom is 0.0795 e. The van der Waals surface area contributed by atoms with Gasteiger partial charge in [0.05, 0.1) is 13.6 Å². The maximum absolute atomic E-state index is 3.28. The number of rotatable bonds is 3. The number of benzene rings is 1. The fraction of sp³-hybridized carbons (Fsp3) is 0.273. The molecule has 0 radical (unpaired) electrons. The quantitative estimate of drug-likeness (QED) is 0.695. The van der Waals surface area contributed by atoms with Crippen molar-refractivity contribution in [2.75, 3.05) is 13.6 Å². The van der Waals surface area contributed by atoms with Crippen molar-refractivity contribution in [1.82, 2.24) is 4.98 Å². The standard InChI is InChI=1S/C11H14N2/c1-12-7-6-9-8-13-11-5-3-2-4-10(9)11/h2-5,8,12-13H,6-7H2,1H3/p+1. The Morgan fingerprint density at radius 2 is 2.15 bits per heavy atom. The average molecular weight is 175 g/mol. The van der Waals surface area contributed by atoms with Gasteiger partial charge in [-0.15, -0.1) is 0 Å². The van der Waals surface area contributed by atoms with Gasteiger partial charge in [0, 0.05) is 23.5 Å². The van der Waals surface area contributed by atoms with Gasteiger partial charge in [-0.25, -0.2) is 0 Å². The minimum Gasteiger partial charge on any atom is -0.361 e. The first-order valence-corrected chi connectivity index (χ1v) is 4.74. The van der Waals surface area contributed by atoms with E-state index in [1.165, 1.54) is 16.5 Å². The van der Waals surface area contributed by atoms with Crippen LogP contribution < -0.4 is 5.32 Å². The lowest BCUT2D eigenvalue weighted by Crippen LogP contribution is -2.80. The number of hydrogen-bond acceptors (Lipinski definition) is 0. The number of fused-ring (bicyclic) bond motifs is 1. The first-order valence-electron chi connectivity index (χ1n) is 4.74. The summed E-state index contributed by atoms with van der Waals surface area (Å²) < 4.78 is 0. The van der Waals surface area contributed by atoms with Gasteiger partial charge >= 0.3 is 0 Å². The highest BCUT2D eigenvalue weighted by Gasteiger charge is 2.01. The molecule has 0 aliphatic heterocycles.